The first-order valence-electron chi connectivity index (χ1n) is 12.8. The van der Waals surface area contributed by atoms with Crippen LogP contribution < -0.4 is 0 Å². The number of aromatic nitrogens is 1. The van der Waals surface area contributed by atoms with Crippen molar-refractivity contribution in [3.63, 3.8) is 0 Å². The number of aliphatic hydroxyl groups is 1. The molecule has 0 saturated heterocycles. The lowest BCUT2D eigenvalue weighted by Crippen LogP contribution is -2.47. The third-order valence-corrected chi connectivity index (χ3v) is 8.54. The minimum Gasteiger partial charge on any atom is -0.469 e. The van der Waals surface area contributed by atoms with Crippen LogP contribution in [-0.2, 0) is 27.3 Å². The monoisotopic (exact) mass is 565 g/mol. The van der Waals surface area contributed by atoms with E-state index in [-0.39, 0.29) is 17.9 Å². The van der Waals surface area contributed by atoms with E-state index < -0.39 is 18.0 Å². The zero-order chi connectivity index (χ0) is 25.9. The van der Waals surface area contributed by atoms with Crippen molar-refractivity contribution in [2.45, 2.75) is 44.5 Å². The number of ether oxygens (including phenoxy) is 2. The van der Waals surface area contributed by atoms with Crippen molar-refractivity contribution >= 4 is 32.8 Å². The Morgan fingerprint density at radius 3 is 2.76 bits per heavy atom. The van der Waals surface area contributed by atoms with Crippen LogP contribution in [0, 0.1) is 24.3 Å². The van der Waals surface area contributed by atoms with Gasteiger partial charge in [-0.3, -0.25) is 4.79 Å². The first-order valence-corrected chi connectivity index (χ1v) is 13.6. The van der Waals surface area contributed by atoms with Crippen molar-refractivity contribution in [3.05, 3.63) is 81.4 Å². The highest BCUT2D eigenvalue weighted by Crippen LogP contribution is 2.44. The lowest BCUT2D eigenvalue weighted by atomic mass is 9.67. The Bertz CT molecular complexity index is 1280. The fraction of sp³-hybridized carbons (Fsp3) is 0.448. The Morgan fingerprint density at radius 2 is 2.00 bits per heavy atom. The van der Waals surface area contributed by atoms with Gasteiger partial charge in [-0.25, -0.2) is 0 Å². The number of esters is 1. The van der Waals surface area contributed by atoms with Crippen molar-refractivity contribution in [1.82, 2.24) is 9.99 Å². The van der Waals surface area contributed by atoms with Crippen molar-refractivity contribution in [2.24, 2.45) is 17.8 Å². The highest BCUT2D eigenvalue weighted by atomic mass is 79.9. The molecule has 2 heterocycles. The summed E-state index contributed by atoms with van der Waals surface area (Å²) in [4.78, 5) is 20.4. The van der Waals surface area contributed by atoms with E-state index in [0.29, 0.717) is 32.5 Å². The van der Waals surface area contributed by atoms with E-state index in [0.717, 1.165) is 45.0 Å². The molecule has 0 amide bonds. The zero-order valence-electron chi connectivity index (χ0n) is 20.9. The molecular formula is C29H32BrN3O4. The molecule has 3 aromatic rings. The molecule has 2 aliphatic rings. The summed E-state index contributed by atoms with van der Waals surface area (Å²) in [7, 11) is 1.38. The number of para-hydroxylation sites is 1. The van der Waals surface area contributed by atoms with Gasteiger partial charge in [-0.05, 0) is 66.8 Å². The summed E-state index contributed by atoms with van der Waals surface area (Å²) in [6, 6.07) is 16.3. The van der Waals surface area contributed by atoms with Crippen LogP contribution in [0.5, 0.6) is 0 Å². The number of nitrogens with one attached hydrogen (secondary N) is 1. The highest BCUT2D eigenvalue weighted by Gasteiger charge is 2.46. The van der Waals surface area contributed by atoms with Gasteiger partial charge in [0.2, 0.25) is 0 Å². The number of fused-ring (bicyclic) bond motifs is 4. The smallest absolute Gasteiger partial charge is 0.311 e. The number of aromatic amines is 1. The van der Waals surface area contributed by atoms with Gasteiger partial charge in [-0.2, -0.15) is 11.5 Å². The van der Waals surface area contributed by atoms with E-state index in [2.05, 4.69) is 38.0 Å². The quantitative estimate of drug-likeness (QED) is 0.325. The van der Waals surface area contributed by atoms with Crippen molar-refractivity contribution in [2.75, 3.05) is 20.2 Å². The number of aliphatic hydroxyl groups excluding tert-OH is 1. The number of methoxy groups -OCH3 is 1. The number of hydrogen-bond acceptors (Lipinski definition) is 5. The molecule has 2 aromatic carbocycles. The number of carbonyl (C=O) groups excluding carboxylic acids is 1. The van der Waals surface area contributed by atoms with E-state index in [4.69, 9.17) is 16.0 Å². The lowest BCUT2D eigenvalue weighted by molar-refractivity contribution is -0.158. The number of nitrogens with zero attached hydrogens (tertiary/aromatic N) is 2. The third-order valence-electron chi connectivity index (χ3n) is 8.01. The van der Waals surface area contributed by atoms with Gasteiger partial charge in [0, 0.05) is 21.1 Å². The summed E-state index contributed by atoms with van der Waals surface area (Å²) in [5.74, 6) is -1.15. The molecule has 37 heavy (non-hydrogen) atoms. The second-order valence-electron chi connectivity index (χ2n) is 10.1. The number of halogens is 1. The molecule has 5 atom stereocenters. The molecule has 0 bridgehead atoms. The Labute approximate surface area is 225 Å². The fourth-order valence-corrected chi connectivity index (χ4v) is 6.41. The number of hydrogen-bond donors (Lipinski definition) is 2. The van der Waals surface area contributed by atoms with Gasteiger partial charge >= 0.3 is 5.97 Å². The second-order valence-corrected chi connectivity index (χ2v) is 11.0. The summed E-state index contributed by atoms with van der Waals surface area (Å²) < 4.78 is 12.8. The van der Waals surface area contributed by atoms with Gasteiger partial charge < -0.3 is 19.6 Å². The van der Waals surface area contributed by atoms with Gasteiger partial charge in [0.25, 0.3) is 0 Å². The van der Waals surface area contributed by atoms with Crippen LogP contribution in [0.1, 0.15) is 42.2 Å². The van der Waals surface area contributed by atoms with Crippen molar-refractivity contribution in [1.29, 1.82) is 0 Å². The Hall–Kier alpha value is -2.86. The number of benzene rings is 2. The Kier molecular flexibility index (Phi) is 7.84. The number of carbonyl (C=O) groups is 1. The van der Waals surface area contributed by atoms with Crippen molar-refractivity contribution in [3.8, 4) is 0 Å². The van der Waals surface area contributed by atoms with Gasteiger partial charge in [0.15, 0.2) is 0 Å². The van der Waals surface area contributed by atoms with Crippen LogP contribution >= 0.6 is 15.9 Å². The molecule has 1 saturated carbocycles. The largest absolute Gasteiger partial charge is 0.469 e. The molecule has 5 rings (SSSR count). The van der Waals surface area contributed by atoms with E-state index in [9.17, 15) is 9.90 Å². The molecule has 2 N–H and O–H groups in total. The molecule has 8 heteroatoms. The standard InChI is InChI=1S/C29H32BrN3O4/c1-31-33-14-13-22-21-5-3-4-6-24(21)32-28(22)26(37-17-18-7-10-20(30)11-8-18)15-23-19(16-33)9-12-25(34)27(23)29(35)36-2/h3-8,10-11,19,23,25-27,32,34H,9,12-17H2,2H3/t19-,23-,25-,26-,27+/m0/s1. The molecule has 1 aromatic heterocycles. The van der Waals surface area contributed by atoms with Crippen LogP contribution in [0.2, 0.25) is 0 Å². The van der Waals surface area contributed by atoms with Gasteiger partial charge in [0.1, 0.15) is 0 Å². The summed E-state index contributed by atoms with van der Waals surface area (Å²) in [6.45, 7) is 9.38. The molecule has 1 aliphatic heterocycles. The molecule has 0 spiro atoms. The van der Waals surface area contributed by atoms with Gasteiger partial charge in [-0.1, -0.05) is 46.3 Å². The average molecular weight is 566 g/mol. The molecule has 194 valence electrons. The fourth-order valence-electron chi connectivity index (χ4n) is 6.14. The van der Waals surface area contributed by atoms with Crippen molar-refractivity contribution < 1.29 is 19.4 Å². The minimum atomic E-state index is -0.771. The molecular weight excluding hydrogens is 534 g/mol. The highest BCUT2D eigenvalue weighted by molar-refractivity contribution is 9.10. The average Bonchev–Trinajstić information content (AvgIpc) is 3.29. The second kappa shape index (κ2) is 11.3. The SMILES string of the molecule is [C-]#[N+]N1CCc2c([nH]c3ccccc23)[C@@H](OCc2ccc(Br)cc2)C[C@H]2[C@@H](CC[C@H](O)[C@@H]2C(=O)OC)C1. The molecule has 0 radical (unpaired) electrons. The lowest BCUT2D eigenvalue weighted by Gasteiger charge is -2.41. The topological polar surface area (TPSA) is 79.2 Å². The van der Waals surface area contributed by atoms with E-state index in [1.807, 2.05) is 36.4 Å². The minimum absolute atomic E-state index is 0.0753. The van der Waals surface area contributed by atoms with E-state index >= 15 is 0 Å². The van der Waals surface area contributed by atoms with E-state index in [1.165, 1.54) is 7.11 Å². The molecule has 0 unspecified atom stereocenters. The van der Waals surface area contributed by atoms with Crippen LogP contribution in [0.3, 0.4) is 0 Å². The number of rotatable bonds is 4. The number of H-pyrrole nitrogens is 1. The van der Waals surface area contributed by atoms with Crippen LogP contribution in [0.15, 0.2) is 53.0 Å². The zero-order valence-corrected chi connectivity index (χ0v) is 22.5. The van der Waals surface area contributed by atoms with Crippen LogP contribution in [-0.4, -0.2) is 47.4 Å². The third kappa shape index (κ3) is 5.40. The first kappa shape index (κ1) is 25.8. The summed E-state index contributed by atoms with van der Waals surface area (Å²) >= 11 is 3.49. The summed E-state index contributed by atoms with van der Waals surface area (Å²) in [6.07, 6.45) is 1.46. The summed E-state index contributed by atoms with van der Waals surface area (Å²) in [5, 5.41) is 13.8. The predicted molar refractivity (Wildman–Crippen MR) is 144 cm³/mol. The van der Waals surface area contributed by atoms with Gasteiger partial charge in [0.05, 0.1) is 44.9 Å². The molecule has 1 fully saturated rings. The maximum absolute atomic E-state index is 12.9. The Balaban J connectivity index is 1.58. The normalized spacial score (nSPS) is 26.1. The molecule has 1 aliphatic carbocycles. The van der Waals surface area contributed by atoms with Crippen LogP contribution in [0.4, 0.5) is 0 Å². The first-order chi connectivity index (χ1) is 18.0. The maximum Gasteiger partial charge on any atom is 0.311 e. The van der Waals surface area contributed by atoms with E-state index in [1.54, 1.807) is 5.01 Å². The molecule has 7 nitrogen and oxygen atoms in total. The Morgan fingerprint density at radius 1 is 1.22 bits per heavy atom. The summed E-state index contributed by atoms with van der Waals surface area (Å²) in [5.41, 5.74) is 4.23. The predicted octanol–water partition coefficient (Wildman–Crippen LogP) is 5.45. The van der Waals surface area contributed by atoms with Gasteiger partial charge in [-0.15, -0.1) is 5.01 Å². The van der Waals surface area contributed by atoms with Crippen LogP contribution in [0.25, 0.3) is 15.9 Å². The maximum atomic E-state index is 12.9.